The second-order valence-electron chi connectivity index (χ2n) is 4.42. The zero-order valence-corrected chi connectivity index (χ0v) is 12.0. The largest absolute Gasteiger partial charge is 0.431 e. The fourth-order valence-electron chi connectivity index (χ4n) is 1.89. The summed E-state index contributed by atoms with van der Waals surface area (Å²) in [7, 11) is 0. The number of nitro groups is 1. The quantitative estimate of drug-likeness (QED) is 0.487. The lowest BCUT2D eigenvalue weighted by Gasteiger charge is -2.09. The molecule has 0 saturated heterocycles. The highest BCUT2D eigenvalue weighted by molar-refractivity contribution is 6.29. The van der Waals surface area contributed by atoms with Crippen molar-refractivity contribution < 1.29 is 9.66 Å². The summed E-state index contributed by atoms with van der Waals surface area (Å²) in [6, 6.07) is 7.84. The van der Waals surface area contributed by atoms with E-state index in [1.165, 1.54) is 18.2 Å². The van der Waals surface area contributed by atoms with E-state index < -0.39 is 4.92 Å². The Balaban J connectivity index is 2.52. The summed E-state index contributed by atoms with van der Waals surface area (Å²) in [5, 5.41) is 20.1. The number of nitro benzene ring substituents is 1. The maximum Gasteiger partial charge on any atom is 0.312 e. The predicted molar refractivity (Wildman–Crippen MR) is 76.6 cm³/mol. The first-order chi connectivity index (χ1) is 9.90. The van der Waals surface area contributed by atoms with Crippen molar-refractivity contribution in [3.8, 4) is 17.7 Å². The van der Waals surface area contributed by atoms with Gasteiger partial charge in [0.1, 0.15) is 5.15 Å². The molecule has 106 valence electrons. The van der Waals surface area contributed by atoms with Crippen LogP contribution in [0.2, 0.25) is 5.15 Å². The van der Waals surface area contributed by atoms with Gasteiger partial charge in [-0.1, -0.05) is 17.7 Å². The van der Waals surface area contributed by atoms with Crippen molar-refractivity contribution in [1.82, 2.24) is 4.98 Å². The van der Waals surface area contributed by atoms with E-state index >= 15 is 0 Å². The average Bonchev–Trinajstić information content (AvgIpc) is 2.40. The van der Waals surface area contributed by atoms with Crippen molar-refractivity contribution >= 4 is 17.3 Å². The van der Waals surface area contributed by atoms with E-state index in [1.807, 2.05) is 6.07 Å². The van der Waals surface area contributed by atoms with Crippen LogP contribution in [0.4, 0.5) is 5.69 Å². The monoisotopic (exact) mass is 303 g/mol. The van der Waals surface area contributed by atoms with E-state index in [0.717, 1.165) is 5.56 Å². The van der Waals surface area contributed by atoms with Crippen molar-refractivity contribution in [3.05, 3.63) is 56.2 Å². The van der Waals surface area contributed by atoms with Gasteiger partial charge < -0.3 is 4.74 Å². The number of ether oxygens (including phenoxy) is 1. The molecule has 1 heterocycles. The molecule has 6 nitrogen and oxygen atoms in total. The Bertz CT molecular complexity index is 769. The molecule has 0 saturated carbocycles. The number of halogens is 1. The number of pyridine rings is 1. The van der Waals surface area contributed by atoms with Crippen molar-refractivity contribution in [3.63, 3.8) is 0 Å². The lowest BCUT2D eigenvalue weighted by Crippen LogP contribution is -1.98. The van der Waals surface area contributed by atoms with E-state index in [9.17, 15) is 10.1 Å². The summed E-state index contributed by atoms with van der Waals surface area (Å²) >= 11 is 5.79. The molecule has 2 rings (SSSR count). The molecule has 21 heavy (non-hydrogen) atoms. The van der Waals surface area contributed by atoms with Gasteiger partial charge in [0.15, 0.2) is 0 Å². The number of hydrogen-bond acceptors (Lipinski definition) is 5. The molecule has 0 atom stereocenters. The molecule has 0 bridgehead atoms. The summed E-state index contributed by atoms with van der Waals surface area (Å²) in [6.45, 7) is 3.46. The number of aryl methyl sites for hydroxylation is 2. The van der Waals surface area contributed by atoms with Gasteiger partial charge in [0.2, 0.25) is 11.6 Å². The third kappa shape index (κ3) is 3.27. The topological polar surface area (TPSA) is 89.0 Å². The van der Waals surface area contributed by atoms with Crippen LogP contribution in [0.15, 0.2) is 24.3 Å². The van der Waals surface area contributed by atoms with Crippen LogP contribution in [0.3, 0.4) is 0 Å². The van der Waals surface area contributed by atoms with Crippen molar-refractivity contribution in [1.29, 1.82) is 5.26 Å². The molecule has 0 fully saturated rings. The number of nitrogens with zero attached hydrogens (tertiary/aromatic N) is 3. The third-order valence-corrected chi connectivity index (χ3v) is 2.90. The third-order valence-electron chi connectivity index (χ3n) is 2.70. The van der Waals surface area contributed by atoms with Gasteiger partial charge in [0, 0.05) is 12.1 Å². The van der Waals surface area contributed by atoms with Gasteiger partial charge in [-0.2, -0.15) is 5.26 Å². The second kappa shape index (κ2) is 5.77. The van der Waals surface area contributed by atoms with Gasteiger partial charge in [-0.3, -0.25) is 10.1 Å². The smallest absolute Gasteiger partial charge is 0.312 e. The Labute approximate surface area is 125 Å². The summed E-state index contributed by atoms with van der Waals surface area (Å²) in [5.41, 5.74) is 1.45. The zero-order valence-electron chi connectivity index (χ0n) is 11.3. The van der Waals surface area contributed by atoms with Crippen LogP contribution >= 0.6 is 11.6 Å². The minimum absolute atomic E-state index is 0.0362. The molecular formula is C14H10ClN3O3. The first kappa shape index (κ1) is 14.8. The molecule has 0 amide bonds. The number of nitriles is 1. The molecule has 0 unspecified atom stereocenters. The Kier molecular flexibility index (Phi) is 4.05. The molecule has 1 aromatic heterocycles. The Hall–Kier alpha value is -2.65. The van der Waals surface area contributed by atoms with E-state index in [4.69, 9.17) is 21.6 Å². The Morgan fingerprint density at radius 2 is 2.05 bits per heavy atom. The van der Waals surface area contributed by atoms with E-state index in [1.54, 1.807) is 19.9 Å². The molecule has 0 spiro atoms. The van der Waals surface area contributed by atoms with Gasteiger partial charge in [-0.15, -0.1) is 0 Å². The normalized spacial score (nSPS) is 10.0. The summed E-state index contributed by atoms with van der Waals surface area (Å²) in [6.07, 6.45) is 0. The van der Waals surface area contributed by atoms with Gasteiger partial charge >= 0.3 is 5.69 Å². The Morgan fingerprint density at radius 1 is 1.33 bits per heavy atom. The number of aromatic nitrogens is 1. The van der Waals surface area contributed by atoms with E-state index in [2.05, 4.69) is 4.98 Å². The van der Waals surface area contributed by atoms with Crippen molar-refractivity contribution in [2.75, 3.05) is 0 Å². The molecule has 0 aliphatic heterocycles. The van der Waals surface area contributed by atoms with Crippen LogP contribution in [-0.4, -0.2) is 9.91 Å². The van der Waals surface area contributed by atoms with Crippen LogP contribution in [0.5, 0.6) is 11.6 Å². The number of hydrogen-bond donors (Lipinski definition) is 0. The van der Waals surface area contributed by atoms with Gasteiger partial charge in [-0.05, 0) is 31.0 Å². The van der Waals surface area contributed by atoms with Crippen LogP contribution < -0.4 is 4.74 Å². The zero-order chi connectivity index (χ0) is 15.6. The van der Waals surface area contributed by atoms with E-state index in [0.29, 0.717) is 5.56 Å². The van der Waals surface area contributed by atoms with Gasteiger partial charge in [0.25, 0.3) is 0 Å². The van der Waals surface area contributed by atoms with Crippen LogP contribution in [0.25, 0.3) is 0 Å². The standard InChI is InChI=1S/C14H10ClN3O3/c1-8-3-9(2)14(11(4-8)18(19)20)21-13-6-10(7-16)5-12(15)17-13/h3-6H,1-2H3. The number of benzene rings is 1. The molecule has 0 aliphatic carbocycles. The minimum Gasteiger partial charge on any atom is -0.431 e. The summed E-state index contributed by atoms with van der Waals surface area (Å²) < 4.78 is 5.49. The molecule has 7 heteroatoms. The van der Waals surface area contributed by atoms with Gasteiger partial charge in [-0.25, -0.2) is 4.98 Å². The van der Waals surface area contributed by atoms with Crippen LogP contribution in [0.1, 0.15) is 16.7 Å². The van der Waals surface area contributed by atoms with Crippen molar-refractivity contribution in [2.24, 2.45) is 0 Å². The number of rotatable bonds is 3. The molecular weight excluding hydrogens is 294 g/mol. The first-order valence-electron chi connectivity index (χ1n) is 5.92. The molecule has 0 radical (unpaired) electrons. The molecule has 0 N–H and O–H groups in total. The highest BCUT2D eigenvalue weighted by Crippen LogP contribution is 2.35. The van der Waals surface area contributed by atoms with Crippen LogP contribution in [0, 0.1) is 35.3 Å². The highest BCUT2D eigenvalue weighted by Gasteiger charge is 2.20. The second-order valence-corrected chi connectivity index (χ2v) is 4.81. The fourth-order valence-corrected chi connectivity index (χ4v) is 2.10. The fraction of sp³-hybridized carbons (Fsp3) is 0.143. The van der Waals surface area contributed by atoms with Crippen LogP contribution in [-0.2, 0) is 0 Å². The SMILES string of the molecule is Cc1cc(C)c(Oc2cc(C#N)cc(Cl)n2)c([N+](=O)[O-])c1. The van der Waals surface area contributed by atoms with Gasteiger partial charge in [0.05, 0.1) is 16.6 Å². The molecule has 0 aliphatic rings. The first-order valence-corrected chi connectivity index (χ1v) is 6.29. The summed E-state index contributed by atoms with van der Waals surface area (Å²) in [5.74, 6) is 0.123. The molecule has 1 aromatic carbocycles. The highest BCUT2D eigenvalue weighted by atomic mass is 35.5. The van der Waals surface area contributed by atoms with Crippen molar-refractivity contribution in [2.45, 2.75) is 13.8 Å². The molecule has 2 aromatic rings. The lowest BCUT2D eigenvalue weighted by molar-refractivity contribution is -0.385. The average molecular weight is 304 g/mol. The van der Waals surface area contributed by atoms with E-state index in [-0.39, 0.29) is 28.0 Å². The maximum atomic E-state index is 11.1. The predicted octanol–water partition coefficient (Wildman–Crippen LogP) is 3.92. The Morgan fingerprint density at radius 3 is 2.67 bits per heavy atom. The lowest BCUT2D eigenvalue weighted by atomic mass is 10.1. The maximum absolute atomic E-state index is 11.1. The summed E-state index contributed by atoms with van der Waals surface area (Å²) in [4.78, 5) is 14.5. The minimum atomic E-state index is -0.523.